The number of nitrogens with one attached hydrogen (secondary N) is 2. The molecular weight excluding hydrogens is 336 g/mol. The van der Waals surface area contributed by atoms with Crippen LogP contribution in [0.5, 0.6) is 0 Å². The number of rotatable bonds is 7. The summed E-state index contributed by atoms with van der Waals surface area (Å²) in [7, 11) is 0. The molecular formula is C23H28N2O2. The number of carbonyl (C=O) groups excluding carboxylic acids is 2. The summed E-state index contributed by atoms with van der Waals surface area (Å²) in [4.78, 5) is 25.0. The van der Waals surface area contributed by atoms with Crippen LogP contribution in [0.3, 0.4) is 0 Å². The summed E-state index contributed by atoms with van der Waals surface area (Å²) in [5.41, 5.74) is 1.80. The lowest BCUT2D eigenvalue weighted by molar-refractivity contribution is -0.123. The van der Waals surface area contributed by atoms with Crippen molar-refractivity contribution in [2.24, 2.45) is 5.92 Å². The van der Waals surface area contributed by atoms with Gasteiger partial charge in [0.2, 0.25) is 5.91 Å². The Morgan fingerprint density at radius 2 is 1.52 bits per heavy atom. The maximum absolute atomic E-state index is 12.7. The zero-order chi connectivity index (χ0) is 19.1. The van der Waals surface area contributed by atoms with Crippen molar-refractivity contribution >= 4 is 11.8 Å². The minimum Gasteiger partial charge on any atom is -0.351 e. The molecule has 2 unspecified atom stereocenters. The second-order valence-electron chi connectivity index (χ2n) is 7.41. The summed E-state index contributed by atoms with van der Waals surface area (Å²) in [6, 6.07) is 18.8. The predicted molar refractivity (Wildman–Crippen MR) is 107 cm³/mol. The summed E-state index contributed by atoms with van der Waals surface area (Å²) in [6.07, 6.45) is 5.60. The molecule has 0 spiro atoms. The van der Waals surface area contributed by atoms with Gasteiger partial charge in [0, 0.05) is 11.6 Å². The standard InChI is InChI=1S/C23H28N2O2/c1-17(24-23(27)20-14-6-3-7-15-20)22(26)25-21(19-12-8-9-13-19)16-18-10-4-2-5-11-18/h2-7,10-11,14-15,17,19,21H,8-9,12-13,16H2,1H3,(H,24,27)(H,25,26). The van der Waals surface area contributed by atoms with Gasteiger partial charge in [0.1, 0.15) is 6.04 Å². The number of hydrogen-bond donors (Lipinski definition) is 2. The molecule has 0 radical (unpaired) electrons. The van der Waals surface area contributed by atoms with Crippen molar-refractivity contribution in [3.63, 3.8) is 0 Å². The van der Waals surface area contributed by atoms with Crippen molar-refractivity contribution in [1.29, 1.82) is 0 Å². The molecule has 0 bridgehead atoms. The minimum atomic E-state index is -0.572. The van der Waals surface area contributed by atoms with Crippen LogP contribution in [0.2, 0.25) is 0 Å². The Bertz CT molecular complexity index is 739. The van der Waals surface area contributed by atoms with E-state index in [2.05, 4.69) is 22.8 Å². The van der Waals surface area contributed by atoms with E-state index in [0.29, 0.717) is 11.5 Å². The van der Waals surface area contributed by atoms with Crippen LogP contribution in [0, 0.1) is 5.92 Å². The second-order valence-corrected chi connectivity index (χ2v) is 7.41. The first-order chi connectivity index (χ1) is 13.1. The van der Waals surface area contributed by atoms with Gasteiger partial charge < -0.3 is 10.6 Å². The Morgan fingerprint density at radius 1 is 0.926 bits per heavy atom. The maximum Gasteiger partial charge on any atom is 0.251 e. The van der Waals surface area contributed by atoms with Gasteiger partial charge in [0.05, 0.1) is 0 Å². The fourth-order valence-electron chi connectivity index (χ4n) is 3.81. The smallest absolute Gasteiger partial charge is 0.251 e. The third kappa shape index (κ3) is 5.43. The molecule has 4 heteroatoms. The van der Waals surface area contributed by atoms with Crippen LogP contribution in [0.15, 0.2) is 60.7 Å². The highest BCUT2D eigenvalue weighted by atomic mass is 16.2. The lowest BCUT2D eigenvalue weighted by Crippen LogP contribution is -2.50. The Labute approximate surface area is 161 Å². The van der Waals surface area contributed by atoms with E-state index in [4.69, 9.17) is 0 Å². The van der Waals surface area contributed by atoms with Crippen molar-refractivity contribution in [2.75, 3.05) is 0 Å². The Balaban J connectivity index is 1.61. The molecule has 0 aliphatic heterocycles. The molecule has 1 aliphatic rings. The first-order valence-corrected chi connectivity index (χ1v) is 9.83. The third-order valence-electron chi connectivity index (χ3n) is 5.37. The van der Waals surface area contributed by atoms with Gasteiger partial charge >= 0.3 is 0 Å². The molecule has 0 saturated heterocycles. The molecule has 0 aromatic heterocycles. The van der Waals surface area contributed by atoms with Crippen LogP contribution in [-0.4, -0.2) is 23.9 Å². The van der Waals surface area contributed by atoms with Crippen LogP contribution < -0.4 is 10.6 Å². The van der Waals surface area contributed by atoms with Gasteiger partial charge in [-0.25, -0.2) is 0 Å². The third-order valence-corrected chi connectivity index (χ3v) is 5.37. The van der Waals surface area contributed by atoms with Crippen molar-refractivity contribution in [2.45, 2.75) is 51.1 Å². The highest BCUT2D eigenvalue weighted by molar-refractivity contribution is 5.97. The van der Waals surface area contributed by atoms with E-state index in [-0.39, 0.29) is 17.9 Å². The zero-order valence-corrected chi connectivity index (χ0v) is 15.9. The number of carbonyl (C=O) groups is 2. The molecule has 4 nitrogen and oxygen atoms in total. The normalized spacial score (nSPS) is 16.5. The molecule has 2 N–H and O–H groups in total. The molecule has 2 amide bonds. The quantitative estimate of drug-likeness (QED) is 0.787. The van der Waals surface area contributed by atoms with Gasteiger partial charge in [-0.3, -0.25) is 9.59 Å². The van der Waals surface area contributed by atoms with Gasteiger partial charge in [0.25, 0.3) is 5.91 Å². The van der Waals surface area contributed by atoms with E-state index in [0.717, 1.165) is 19.3 Å². The van der Waals surface area contributed by atoms with Crippen LogP contribution in [-0.2, 0) is 11.2 Å². The van der Waals surface area contributed by atoms with E-state index < -0.39 is 6.04 Å². The van der Waals surface area contributed by atoms with E-state index >= 15 is 0 Å². The molecule has 2 atom stereocenters. The average Bonchev–Trinajstić information content (AvgIpc) is 3.23. The molecule has 3 rings (SSSR count). The number of benzene rings is 2. The molecule has 2 aromatic rings. The number of amides is 2. The minimum absolute atomic E-state index is 0.110. The second kappa shape index (κ2) is 9.36. The van der Waals surface area contributed by atoms with Crippen molar-refractivity contribution in [3.8, 4) is 0 Å². The van der Waals surface area contributed by atoms with Crippen LogP contribution in [0.25, 0.3) is 0 Å². The maximum atomic E-state index is 12.7. The summed E-state index contributed by atoms with van der Waals surface area (Å²) in [6.45, 7) is 1.74. The van der Waals surface area contributed by atoms with Gasteiger partial charge in [-0.05, 0) is 49.8 Å². The van der Waals surface area contributed by atoms with Crippen LogP contribution in [0.1, 0.15) is 48.5 Å². The SMILES string of the molecule is CC(NC(=O)c1ccccc1)C(=O)NC(Cc1ccccc1)C1CCCC1. The first kappa shape index (κ1) is 19.2. The summed E-state index contributed by atoms with van der Waals surface area (Å²) >= 11 is 0. The highest BCUT2D eigenvalue weighted by Crippen LogP contribution is 2.29. The number of hydrogen-bond acceptors (Lipinski definition) is 2. The van der Waals surface area contributed by atoms with E-state index in [9.17, 15) is 9.59 Å². The van der Waals surface area contributed by atoms with Gasteiger partial charge in [-0.15, -0.1) is 0 Å². The summed E-state index contributed by atoms with van der Waals surface area (Å²) in [5.74, 6) is 0.164. The lowest BCUT2D eigenvalue weighted by atomic mass is 9.92. The molecule has 0 heterocycles. The largest absolute Gasteiger partial charge is 0.351 e. The van der Waals surface area contributed by atoms with Gasteiger partial charge in [-0.1, -0.05) is 61.4 Å². The lowest BCUT2D eigenvalue weighted by Gasteiger charge is -2.27. The molecule has 1 aliphatic carbocycles. The predicted octanol–water partition coefficient (Wildman–Crippen LogP) is 3.72. The monoisotopic (exact) mass is 364 g/mol. The van der Waals surface area contributed by atoms with Crippen LogP contribution in [0.4, 0.5) is 0 Å². The topological polar surface area (TPSA) is 58.2 Å². The first-order valence-electron chi connectivity index (χ1n) is 9.83. The highest BCUT2D eigenvalue weighted by Gasteiger charge is 2.28. The van der Waals surface area contributed by atoms with Crippen molar-refractivity contribution in [1.82, 2.24) is 10.6 Å². The van der Waals surface area contributed by atoms with Crippen LogP contribution >= 0.6 is 0 Å². The van der Waals surface area contributed by atoms with E-state index in [1.54, 1.807) is 19.1 Å². The molecule has 1 fully saturated rings. The summed E-state index contributed by atoms with van der Waals surface area (Å²) < 4.78 is 0. The Morgan fingerprint density at radius 3 is 2.15 bits per heavy atom. The Kier molecular flexibility index (Phi) is 6.64. The molecule has 142 valence electrons. The van der Waals surface area contributed by atoms with Crippen molar-refractivity contribution < 1.29 is 9.59 Å². The average molecular weight is 364 g/mol. The molecule has 2 aromatic carbocycles. The summed E-state index contributed by atoms with van der Waals surface area (Å²) in [5, 5.41) is 6.02. The fourth-order valence-corrected chi connectivity index (χ4v) is 3.81. The fraction of sp³-hybridized carbons (Fsp3) is 0.391. The van der Waals surface area contributed by atoms with Gasteiger partial charge in [0.15, 0.2) is 0 Å². The molecule has 1 saturated carbocycles. The van der Waals surface area contributed by atoms with Gasteiger partial charge in [-0.2, -0.15) is 0 Å². The van der Waals surface area contributed by atoms with E-state index in [1.807, 2.05) is 36.4 Å². The van der Waals surface area contributed by atoms with E-state index in [1.165, 1.54) is 18.4 Å². The van der Waals surface area contributed by atoms with Crippen molar-refractivity contribution in [3.05, 3.63) is 71.8 Å². The zero-order valence-electron chi connectivity index (χ0n) is 15.9. The Hall–Kier alpha value is -2.62. The molecule has 27 heavy (non-hydrogen) atoms.